The number of nitriles is 1. The molecule has 0 N–H and O–H groups in total. The van der Waals surface area contributed by atoms with Gasteiger partial charge in [0.2, 0.25) is 0 Å². The number of anilines is 1. The first-order valence-electron chi connectivity index (χ1n) is 8.27. The van der Waals surface area contributed by atoms with Crippen LogP contribution in [0.3, 0.4) is 0 Å². The molecule has 1 amide bonds. The lowest BCUT2D eigenvalue weighted by Crippen LogP contribution is -2.30. The van der Waals surface area contributed by atoms with Gasteiger partial charge in [-0.2, -0.15) is 5.26 Å². The van der Waals surface area contributed by atoms with Crippen LogP contribution >= 0.6 is 0 Å². The van der Waals surface area contributed by atoms with E-state index in [0.29, 0.717) is 25.1 Å². The second-order valence-corrected chi connectivity index (χ2v) is 6.49. The fraction of sp³-hybridized carbons (Fsp3) is 0.300. The third kappa shape index (κ3) is 3.34. The molecular weight excluding hydrogens is 319 g/mol. The molecule has 2 aromatic carbocycles. The number of benzene rings is 2. The van der Waals surface area contributed by atoms with E-state index in [1.54, 1.807) is 17.0 Å². The van der Waals surface area contributed by atoms with Crippen LogP contribution in [0.2, 0.25) is 0 Å². The van der Waals surface area contributed by atoms with E-state index in [1.165, 1.54) is 6.07 Å². The van der Waals surface area contributed by atoms with Gasteiger partial charge < -0.3 is 4.74 Å². The van der Waals surface area contributed by atoms with E-state index >= 15 is 0 Å². The molecule has 4 nitrogen and oxygen atoms in total. The van der Waals surface area contributed by atoms with Gasteiger partial charge in [0.25, 0.3) is 0 Å². The summed E-state index contributed by atoms with van der Waals surface area (Å²) < 4.78 is 19.1. The average molecular weight is 338 g/mol. The van der Waals surface area contributed by atoms with E-state index < -0.39 is 5.82 Å². The Morgan fingerprint density at radius 1 is 1.36 bits per heavy atom. The van der Waals surface area contributed by atoms with Crippen LogP contribution < -0.4 is 4.90 Å². The lowest BCUT2D eigenvalue weighted by molar-refractivity contribution is 0.140. The van der Waals surface area contributed by atoms with Gasteiger partial charge in [0, 0.05) is 12.1 Å². The van der Waals surface area contributed by atoms with Crippen molar-refractivity contribution in [1.82, 2.24) is 0 Å². The first kappa shape index (κ1) is 17.0. The van der Waals surface area contributed by atoms with Gasteiger partial charge in [-0.3, -0.25) is 4.90 Å². The summed E-state index contributed by atoms with van der Waals surface area (Å²) in [4.78, 5) is 13.8. The van der Waals surface area contributed by atoms with Gasteiger partial charge in [0.05, 0.1) is 17.9 Å². The Morgan fingerprint density at radius 2 is 2.16 bits per heavy atom. The van der Waals surface area contributed by atoms with Gasteiger partial charge in [-0.1, -0.05) is 32.0 Å². The molecule has 0 saturated carbocycles. The van der Waals surface area contributed by atoms with E-state index in [1.807, 2.05) is 38.1 Å². The summed E-state index contributed by atoms with van der Waals surface area (Å²) in [7, 11) is 0. The van der Waals surface area contributed by atoms with Crippen molar-refractivity contribution in [2.45, 2.75) is 20.3 Å². The minimum Gasteiger partial charge on any atom is -0.449 e. The number of hydrogen-bond donors (Lipinski definition) is 0. The van der Waals surface area contributed by atoms with Gasteiger partial charge in [-0.15, -0.1) is 0 Å². The number of fused-ring (bicyclic) bond motifs is 1. The number of ether oxygens (including phenoxy) is 1. The molecule has 0 atom stereocenters. The van der Waals surface area contributed by atoms with E-state index in [0.717, 1.165) is 16.8 Å². The van der Waals surface area contributed by atoms with Crippen LogP contribution in [0.5, 0.6) is 0 Å². The molecule has 0 spiro atoms. The lowest BCUT2D eigenvalue weighted by atomic mass is 9.97. The van der Waals surface area contributed by atoms with Crippen molar-refractivity contribution in [3.8, 4) is 17.2 Å². The first-order chi connectivity index (χ1) is 12.0. The van der Waals surface area contributed by atoms with Gasteiger partial charge in [0.15, 0.2) is 0 Å². The summed E-state index contributed by atoms with van der Waals surface area (Å²) in [5.74, 6) is -0.245. The molecule has 0 aliphatic carbocycles. The van der Waals surface area contributed by atoms with E-state index in [2.05, 4.69) is 0 Å². The summed E-state index contributed by atoms with van der Waals surface area (Å²) >= 11 is 0. The van der Waals surface area contributed by atoms with Gasteiger partial charge in [-0.25, -0.2) is 9.18 Å². The molecule has 1 heterocycles. The van der Waals surface area contributed by atoms with E-state index in [-0.39, 0.29) is 17.6 Å². The summed E-state index contributed by atoms with van der Waals surface area (Å²) in [6.07, 6.45) is 0.362. The molecule has 0 unspecified atom stereocenters. The third-order valence-electron chi connectivity index (χ3n) is 4.17. The Bertz CT molecular complexity index is 855. The molecule has 25 heavy (non-hydrogen) atoms. The zero-order valence-electron chi connectivity index (χ0n) is 14.3. The van der Waals surface area contributed by atoms with Crippen molar-refractivity contribution in [3.05, 3.63) is 53.3 Å². The lowest BCUT2D eigenvalue weighted by Gasteiger charge is -2.18. The Hall–Kier alpha value is -2.87. The fourth-order valence-corrected chi connectivity index (χ4v) is 2.95. The van der Waals surface area contributed by atoms with Crippen molar-refractivity contribution in [1.29, 1.82) is 5.26 Å². The number of halogens is 1. The molecule has 5 heteroatoms. The van der Waals surface area contributed by atoms with Crippen molar-refractivity contribution in [2.75, 3.05) is 18.1 Å². The molecule has 3 rings (SSSR count). The molecule has 2 aromatic rings. The highest BCUT2D eigenvalue weighted by Crippen LogP contribution is 2.34. The van der Waals surface area contributed by atoms with Gasteiger partial charge >= 0.3 is 6.09 Å². The molecule has 0 bridgehead atoms. The van der Waals surface area contributed by atoms with Crippen molar-refractivity contribution in [3.63, 3.8) is 0 Å². The predicted molar refractivity (Wildman–Crippen MR) is 93.8 cm³/mol. The number of rotatable bonds is 3. The number of hydrogen-bond acceptors (Lipinski definition) is 3. The number of amides is 1. The Labute approximate surface area is 146 Å². The van der Waals surface area contributed by atoms with E-state index in [9.17, 15) is 14.4 Å². The van der Waals surface area contributed by atoms with Crippen LogP contribution in [-0.2, 0) is 11.2 Å². The Balaban J connectivity index is 1.89. The highest BCUT2D eigenvalue weighted by atomic mass is 19.1. The van der Waals surface area contributed by atoms with Crippen molar-refractivity contribution in [2.24, 2.45) is 5.92 Å². The molecule has 1 aliphatic rings. The molecule has 0 radical (unpaired) electrons. The Kier molecular flexibility index (Phi) is 4.71. The quantitative estimate of drug-likeness (QED) is 0.827. The third-order valence-corrected chi connectivity index (χ3v) is 4.17. The number of carbonyl (C=O) groups is 1. The smallest absolute Gasteiger partial charge is 0.414 e. The minimum atomic E-state index is -0.528. The molecule has 128 valence electrons. The maximum Gasteiger partial charge on any atom is 0.414 e. The highest BCUT2D eigenvalue weighted by molar-refractivity contribution is 5.91. The monoisotopic (exact) mass is 338 g/mol. The van der Waals surface area contributed by atoms with Gasteiger partial charge in [0.1, 0.15) is 11.9 Å². The maximum absolute atomic E-state index is 13.8. The SMILES string of the molecule is CC(C)COC(=O)N1CCc2cc(-c3cccc(F)c3C#N)ccc21. The van der Waals surface area contributed by atoms with Crippen LogP contribution in [0.1, 0.15) is 25.0 Å². The fourth-order valence-electron chi connectivity index (χ4n) is 2.95. The molecular formula is C20H19FN2O2. The second-order valence-electron chi connectivity index (χ2n) is 6.49. The Morgan fingerprint density at radius 3 is 2.88 bits per heavy atom. The predicted octanol–water partition coefficient (Wildman–Crippen LogP) is 4.52. The summed E-state index contributed by atoms with van der Waals surface area (Å²) in [6, 6.07) is 12.1. The zero-order chi connectivity index (χ0) is 18.0. The van der Waals surface area contributed by atoms with Crippen molar-refractivity contribution < 1.29 is 13.9 Å². The highest BCUT2D eigenvalue weighted by Gasteiger charge is 2.26. The van der Waals surface area contributed by atoms with Crippen LogP contribution in [0.4, 0.5) is 14.9 Å². The number of nitrogens with zero attached hydrogens (tertiary/aromatic N) is 2. The summed E-state index contributed by atoms with van der Waals surface area (Å²) in [5, 5.41) is 9.21. The van der Waals surface area contributed by atoms with E-state index in [4.69, 9.17) is 4.74 Å². The topological polar surface area (TPSA) is 53.3 Å². The molecule has 0 aromatic heterocycles. The molecule has 0 fully saturated rings. The van der Waals surface area contributed by atoms with Crippen molar-refractivity contribution >= 4 is 11.8 Å². The normalized spacial score (nSPS) is 12.8. The van der Waals surface area contributed by atoms with Crippen LogP contribution in [0.15, 0.2) is 36.4 Å². The second kappa shape index (κ2) is 6.94. The summed E-state index contributed by atoms with van der Waals surface area (Å²) in [6.45, 7) is 4.92. The minimum absolute atomic E-state index is 0.0358. The largest absolute Gasteiger partial charge is 0.449 e. The maximum atomic E-state index is 13.8. The van der Waals surface area contributed by atoms with Crippen LogP contribution in [0, 0.1) is 23.1 Å². The summed E-state index contributed by atoms with van der Waals surface area (Å²) in [5.41, 5.74) is 3.17. The standard InChI is InChI=1S/C20H19FN2O2/c1-13(2)12-25-20(24)23-9-8-15-10-14(6-7-19(15)23)16-4-3-5-18(21)17(16)11-22/h3-7,10,13H,8-9,12H2,1-2H3. The first-order valence-corrected chi connectivity index (χ1v) is 8.27. The van der Waals surface area contributed by atoms with Crippen LogP contribution in [-0.4, -0.2) is 19.2 Å². The number of carbonyl (C=O) groups excluding carboxylic acids is 1. The zero-order valence-corrected chi connectivity index (χ0v) is 14.3. The average Bonchev–Trinajstić information content (AvgIpc) is 3.02. The molecule has 0 saturated heterocycles. The van der Waals surface area contributed by atoms with Crippen LogP contribution in [0.25, 0.3) is 11.1 Å². The van der Waals surface area contributed by atoms with Gasteiger partial charge in [-0.05, 0) is 41.7 Å². The molecule has 1 aliphatic heterocycles.